The molecule has 100 valence electrons. The van der Waals surface area contributed by atoms with E-state index in [9.17, 15) is 18.3 Å². The normalized spacial score (nSPS) is 34.5. The molecule has 7 heteroatoms. The third-order valence-electron chi connectivity index (χ3n) is 3.26. The van der Waals surface area contributed by atoms with Crippen LogP contribution in [0.1, 0.15) is 26.2 Å². The second kappa shape index (κ2) is 4.91. The molecule has 0 aromatic heterocycles. The Morgan fingerprint density at radius 2 is 2.06 bits per heavy atom. The predicted molar refractivity (Wildman–Crippen MR) is 60.1 cm³/mol. The van der Waals surface area contributed by atoms with E-state index in [4.69, 9.17) is 8.92 Å². The molecular weight excluding hydrogens is 248 g/mol. The molecule has 0 aliphatic heterocycles. The summed E-state index contributed by atoms with van der Waals surface area (Å²) in [4.78, 5) is 11.2. The summed E-state index contributed by atoms with van der Waals surface area (Å²) in [5.41, 5.74) is -0.980. The zero-order chi connectivity index (χ0) is 13.3. The first-order chi connectivity index (χ1) is 7.69. The van der Waals surface area contributed by atoms with Crippen LogP contribution in [-0.2, 0) is 23.8 Å². The Hall–Kier alpha value is -0.660. The molecule has 17 heavy (non-hydrogen) atoms. The monoisotopic (exact) mass is 266 g/mol. The average molecular weight is 266 g/mol. The summed E-state index contributed by atoms with van der Waals surface area (Å²) in [6, 6.07) is 0. The average Bonchev–Trinajstić information content (AvgIpc) is 2.18. The van der Waals surface area contributed by atoms with Crippen molar-refractivity contribution >= 4 is 16.1 Å². The Kier molecular flexibility index (Phi) is 4.16. The Morgan fingerprint density at radius 1 is 1.47 bits per heavy atom. The van der Waals surface area contributed by atoms with Gasteiger partial charge in [-0.15, -0.1) is 0 Å². The first-order valence-electron chi connectivity index (χ1n) is 5.33. The number of methoxy groups -OCH3 is 1. The zero-order valence-corrected chi connectivity index (χ0v) is 11.0. The van der Waals surface area contributed by atoms with Crippen LogP contribution in [0.15, 0.2) is 0 Å². The molecule has 0 radical (unpaired) electrons. The quantitative estimate of drug-likeness (QED) is 0.750. The molecular formula is C10H18O6S. The van der Waals surface area contributed by atoms with Crippen LogP contribution in [0.25, 0.3) is 0 Å². The largest absolute Gasteiger partial charge is 0.481 e. The summed E-state index contributed by atoms with van der Waals surface area (Å²) >= 11 is 0. The minimum atomic E-state index is -3.52. The molecule has 0 aromatic rings. The van der Waals surface area contributed by atoms with Gasteiger partial charge in [0, 0.05) is 13.5 Å². The Balaban J connectivity index is 2.77. The third kappa shape index (κ3) is 3.40. The Bertz CT molecular complexity index is 390. The van der Waals surface area contributed by atoms with Crippen LogP contribution in [0.3, 0.4) is 0 Å². The van der Waals surface area contributed by atoms with E-state index in [2.05, 4.69) is 0 Å². The molecule has 1 aliphatic carbocycles. The molecule has 0 bridgehead atoms. The van der Waals surface area contributed by atoms with E-state index in [1.54, 1.807) is 6.92 Å². The van der Waals surface area contributed by atoms with E-state index >= 15 is 0 Å². The summed E-state index contributed by atoms with van der Waals surface area (Å²) in [7, 11) is -2.09. The lowest BCUT2D eigenvalue weighted by Gasteiger charge is -2.39. The first-order valence-corrected chi connectivity index (χ1v) is 7.15. The van der Waals surface area contributed by atoms with Gasteiger partial charge in [0.2, 0.25) is 0 Å². The molecule has 0 amide bonds. The van der Waals surface area contributed by atoms with E-state index < -0.39 is 33.7 Å². The standard InChI is InChI=1S/C10H18O6S/c1-10(9(11)12)5-4-7(6-8(10)15-2)16-17(3,13)14/h7-8H,4-6H2,1-3H3,(H,11,12)/t7-,8+,10+/m0/s1. The fraction of sp³-hybridized carbons (Fsp3) is 0.900. The van der Waals surface area contributed by atoms with Gasteiger partial charge in [-0.25, -0.2) is 0 Å². The van der Waals surface area contributed by atoms with Gasteiger partial charge in [0.1, 0.15) is 0 Å². The molecule has 1 N–H and O–H groups in total. The summed E-state index contributed by atoms with van der Waals surface area (Å²) < 4.78 is 32.1. The van der Waals surface area contributed by atoms with Crippen molar-refractivity contribution in [2.75, 3.05) is 13.4 Å². The van der Waals surface area contributed by atoms with Gasteiger partial charge in [0.05, 0.1) is 23.9 Å². The van der Waals surface area contributed by atoms with Crippen molar-refractivity contribution in [2.45, 2.75) is 38.4 Å². The highest BCUT2D eigenvalue weighted by Crippen LogP contribution is 2.39. The van der Waals surface area contributed by atoms with Gasteiger partial charge >= 0.3 is 5.97 Å². The minimum absolute atomic E-state index is 0.270. The molecule has 6 nitrogen and oxygen atoms in total. The summed E-state index contributed by atoms with van der Waals surface area (Å²) in [6.07, 6.45) is 0.950. The molecule has 1 rings (SSSR count). The number of carboxylic acid groups (broad SMARTS) is 1. The third-order valence-corrected chi connectivity index (χ3v) is 3.88. The molecule has 0 saturated heterocycles. The highest BCUT2D eigenvalue weighted by molar-refractivity contribution is 7.86. The van der Waals surface area contributed by atoms with Crippen LogP contribution in [0, 0.1) is 5.41 Å². The van der Waals surface area contributed by atoms with Gasteiger partial charge in [-0.1, -0.05) is 0 Å². The summed E-state index contributed by atoms with van der Waals surface area (Å²) in [5.74, 6) is -0.929. The van der Waals surface area contributed by atoms with E-state index in [0.717, 1.165) is 6.26 Å². The molecule has 3 atom stereocenters. The molecule has 0 heterocycles. The number of carboxylic acids is 1. The smallest absolute Gasteiger partial charge is 0.312 e. The van der Waals surface area contributed by atoms with E-state index in [-0.39, 0.29) is 6.42 Å². The number of ether oxygens (including phenoxy) is 1. The second-order valence-corrected chi connectivity index (χ2v) is 6.24. The number of aliphatic carboxylic acids is 1. The van der Waals surface area contributed by atoms with Crippen molar-refractivity contribution in [3.05, 3.63) is 0 Å². The SMILES string of the molecule is CO[C@@H]1C[C@@H](OS(C)(=O)=O)CC[C@@]1(C)C(=O)O. The number of rotatable bonds is 4. The maximum absolute atomic E-state index is 11.2. The first kappa shape index (κ1) is 14.4. The van der Waals surface area contributed by atoms with Crippen LogP contribution < -0.4 is 0 Å². The Morgan fingerprint density at radius 3 is 2.47 bits per heavy atom. The lowest BCUT2D eigenvalue weighted by Crippen LogP contribution is -2.47. The van der Waals surface area contributed by atoms with Crippen LogP contribution in [0.4, 0.5) is 0 Å². The molecule has 1 aliphatic rings. The van der Waals surface area contributed by atoms with Crippen molar-refractivity contribution < 1.29 is 27.2 Å². The molecule has 1 fully saturated rings. The topological polar surface area (TPSA) is 89.9 Å². The van der Waals surface area contributed by atoms with Crippen molar-refractivity contribution in [1.29, 1.82) is 0 Å². The van der Waals surface area contributed by atoms with Crippen LogP contribution >= 0.6 is 0 Å². The molecule has 1 saturated carbocycles. The lowest BCUT2D eigenvalue weighted by molar-refractivity contribution is -0.163. The van der Waals surface area contributed by atoms with Crippen molar-refractivity contribution in [2.24, 2.45) is 5.41 Å². The van der Waals surface area contributed by atoms with E-state index in [0.29, 0.717) is 12.8 Å². The zero-order valence-electron chi connectivity index (χ0n) is 10.2. The van der Waals surface area contributed by atoms with Crippen molar-refractivity contribution in [3.8, 4) is 0 Å². The fourth-order valence-corrected chi connectivity index (χ4v) is 2.84. The molecule has 0 aromatic carbocycles. The fourth-order valence-electron chi connectivity index (χ4n) is 2.17. The highest BCUT2D eigenvalue weighted by atomic mass is 32.2. The van der Waals surface area contributed by atoms with Gasteiger partial charge in [0.15, 0.2) is 0 Å². The number of hydrogen-bond acceptors (Lipinski definition) is 5. The van der Waals surface area contributed by atoms with Crippen LogP contribution in [0.5, 0.6) is 0 Å². The lowest BCUT2D eigenvalue weighted by atomic mass is 9.72. The number of carbonyl (C=O) groups is 1. The summed E-state index contributed by atoms with van der Waals surface area (Å²) in [5, 5.41) is 9.18. The van der Waals surface area contributed by atoms with E-state index in [1.807, 2.05) is 0 Å². The van der Waals surface area contributed by atoms with Gasteiger partial charge in [0.25, 0.3) is 10.1 Å². The van der Waals surface area contributed by atoms with Gasteiger partial charge in [-0.05, 0) is 19.8 Å². The number of hydrogen-bond donors (Lipinski definition) is 1. The second-order valence-electron chi connectivity index (χ2n) is 4.64. The van der Waals surface area contributed by atoms with Gasteiger partial charge in [-0.2, -0.15) is 8.42 Å². The maximum atomic E-state index is 11.2. The molecule has 0 spiro atoms. The van der Waals surface area contributed by atoms with E-state index in [1.165, 1.54) is 7.11 Å². The van der Waals surface area contributed by atoms with Crippen molar-refractivity contribution in [3.63, 3.8) is 0 Å². The van der Waals surface area contributed by atoms with Gasteiger partial charge in [-0.3, -0.25) is 8.98 Å². The van der Waals surface area contributed by atoms with Crippen LogP contribution in [-0.4, -0.2) is 45.1 Å². The van der Waals surface area contributed by atoms with Crippen LogP contribution in [0.2, 0.25) is 0 Å². The summed E-state index contributed by atoms with van der Waals surface area (Å²) in [6.45, 7) is 1.61. The Labute approximate surface area is 101 Å². The van der Waals surface area contributed by atoms with Crippen molar-refractivity contribution in [1.82, 2.24) is 0 Å². The maximum Gasteiger partial charge on any atom is 0.312 e. The predicted octanol–water partition coefficient (Wildman–Crippen LogP) is 0.621. The van der Waals surface area contributed by atoms with Gasteiger partial charge < -0.3 is 9.84 Å². The minimum Gasteiger partial charge on any atom is -0.481 e. The molecule has 0 unspecified atom stereocenters. The highest BCUT2D eigenvalue weighted by Gasteiger charge is 2.47.